The topological polar surface area (TPSA) is 0 Å². The van der Waals surface area contributed by atoms with Gasteiger partial charge in [-0.05, 0) is 42.4 Å². The average molecular weight is 274 g/mol. The van der Waals surface area contributed by atoms with E-state index in [1.807, 2.05) is 12.1 Å². The largest absolute Gasteiger partial charge is 0.0887 e. The van der Waals surface area contributed by atoms with Crippen LogP contribution in [0, 0.1) is 5.92 Å². The Labute approximate surface area is 98.8 Å². The maximum atomic E-state index is 5.88. The van der Waals surface area contributed by atoms with E-state index in [0.717, 1.165) is 10.9 Å². The quantitative estimate of drug-likeness (QED) is 0.705. The van der Waals surface area contributed by atoms with Gasteiger partial charge in [-0.15, -0.1) is 0 Å². The molecular formula is C12H14BrCl. The third-order valence-electron chi connectivity index (χ3n) is 2.88. The zero-order valence-electron chi connectivity index (χ0n) is 8.21. The first kappa shape index (κ1) is 10.5. The predicted molar refractivity (Wildman–Crippen MR) is 65.3 cm³/mol. The van der Waals surface area contributed by atoms with Crippen molar-refractivity contribution >= 4 is 27.5 Å². The third kappa shape index (κ3) is 2.32. The van der Waals surface area contributed by atoms with Crippen molar-refractivity contribution in [2.24, 2.45) is 5.92 Å². The molecule has 1 aromatic carbocycles. The molecule has 2 unspecified atom stereocenters. The Morgan fingerprint density at radius 2 is 1.86 bits per heavy atom. The minimum absolute atomic E-state index is 0.552. The Bertz CT molecular complexity index is 299. The van der Waals surface area contributed by atoms with E-state index in [1.54, 1.807) is 0 Å². The van der Waals surface area contributed by atoms with Crippen LogP contribution in [-0.2, 0) is 0 Å². The second-order valence-corrected chi connectivity index (χ2v) is 5.97. The molecule has 0 bridgehead atoms. The maximum absolute atomic E-state index is 5.88. The Kier molecular flexibility index (Phi) is 3.18. The molecule has 14 heavy (non-hydrogen) atoms. The summed E-state index contributed by atoms with van der Waals surface area (Å²) in [6.45, 7) is 2.23. The van der Waals surface area contributed by atoms with Gasteiger partial charge in [-0.3, -0.25) is 0 Å². The molecule has 0 aromatic heterocycles. The van der Waals surface area contributed by atoms with Crippen molar-refractivity contribution in [1.82, 2.24) is 0 Å². The SMILES string of the molecule is CC(Br)C(c1ccc(Cl)cc1)C1CC1. The molecule has 0 radical (unpaired) electrons. The molecule has 0 N–H and O–H groups in total. The summed E-state index contributed by atoms with van der Waals surface area (Å²) in [6.07, 6.45) is 2.76. The highest BCUT2D eigenvalue weighted by atomic mass is 79.9. The summed E-state index contributed by atoms with van der Waals surface area (Å²) in [5, 5.41) is 0.825. The van der Waals surface area contributed by atoms with Crippen molar-refractivity contribution in [2.75, 3.05) is 0 Å². The molecule has 1 aliphatic rings. The standard InChI is InChI=1S/C12H14BrCl/c1-8(13)12(9-2-3-9)10-4-6-11(14)7-5-10/h4-9,12H,2-3H2,1H3. The molecule has 76 valence electrons. The van der Waals surface area contributed by atoms with E-state index in [1.165, 1.54) is 18.4 Å². The number of halogens is 2. The van der Waals surface area contributed by atoms with Crippen LogP contribution < -0.4 is 0 Å². The van der Waals surface area contributed by atoms with Crippen molar-refractivity contribution < 1.29 is 0 Å². The summed E-state index contributed by atoms with van der Waals surface area (Å²) < 4.78 is 0. The molecule has 0 amide bonds. The monoisotopic (exact) mass is 272 g/mol. The van der Waals surface area contributed by atoms with Gasteiger partial charge in [0.2, 0.25) is 0 Å². The van der Waals surface area contributed by atoms with Crippen molar-refractivity contribution in [3.05, 3.63) is 34.9 Å². The molecular weight excluding hydrogens is 259 g/mol. The van der Waals surface area contributed by atoms with E-state index in [9.17, 15) is 0 Å². The Morgan fingerprint density at radius 1 is 1.29 bits per heavy atom. The summed E-state index contributed by atoms with van der Waals surface area (Å²) in [7, 11) is 0. The molecule has 0 heterocycles. The minimum atomic E-state index is 0.552. The van der Waals surface area contributed by atoms with E-state index >= 15 is 0 Å². The number of hydrogen-bond acceptors (Lipinski definition) is 0. The van der Waals surface area contributed by atoms with Gasteiger partial charge in [0.15, 0.2) is 0 Å². The summed E-state index contributed by atoms with van der Waals surface area (Å²) >= 11 is 9.58. The Balaban J connectivity index is 2.21. The number of rotatable bonds is 3. The molecule has 1 aliphatic carbocycles. The van der Waals surface area contributed by atoms with Gasteiger partial charge in [0, 0.05) is 9.85 Å². The fourth-order valence-corrected chi connectivity index (χ4v) is 2.92. The fraction of sp³-hybridized carbons (Fsp3) is 0.500. The number of hydrogen-bond donors (Lipinski definition) is 0. The summed E-state index contributed by atoms with van der Waals surface area (Å²) in [5.74, 6) is 1.54. The van der Waals surface area contributed by atoms with Gasteiger partial charge in [-0.25, -0.2) is 0 Å². The van der Waals surface area contributed by atoms with E-state index in [4.69, 9.17) is 11.6 Å². The van der Waals surface area contributed by atoms with Crippen molar-refractivity contribution in [2.45, 2.75) is 30.5 Å². The molecule has 0 nitrogen and oxygen atoms in total. The summed E-state index contributed by atoms with van der Waals surface area (Å²) in [6, 6.07) is 8.29. The van der Waals surface area contributed by atoms with E-state index in [-0.39, 0.29) is 0 Å². The first-order valence-corrected chi connectivity index (χ1v) is 6.37. The second kappa shape index (κ2) is 4.24. The average Bonchev–Trinajstić information content (AvgIpc) is 2.92. The lowest BCUT2D eigenvalue weighted by Gasteiger charge is -2.19. The van der Waals surface area contributed by atoms with Gasteiger partial charge in [-0.1, -0.05) is 46.6 Å². The lowest BCUT2D eigenvalue weighted by Crippen LogP contribution is -2.10. The van der Waals surface area contributed by atoms with Gasteiger partial charge in [-0.2, -0.15) is 0 Å². The van der Waals surface area contributed by atoms with Gasteiger partial charge >= 0.3 is 0 Å². The maximum Gasteiger partial charge on any atom is 0.0406 e. The minimum Gasteiger partial charge on any atom is -0.0887 e. The highest BCUT2D eigenvalue weighted by Gasteiger charge is 2.34. The highest BCUT2D eigenvalue weighted by Crippen LogP contribution is 2.46. The van der Waals surface area contributed by atoms with Crippen LogP contribution in [0.3, 0.4) is 0 Å². The zero-order valence-corrected chi connectivity index (χ0v) is 10.6. The van der Waals surface area contributed by atoms with Crippen LogP contribution in [0.15, 0.2) is 24.3 Å². The van der Waals surface area contributed by atoms with Crippen molar-refractivity contribution in [3.63, 3.8) is 0 Å². The van der Waals surface area contributed by atoms with Gasteiger partial charge < -0.3 is 0 Å². The Hall–Kier alpha value is -0.0100. The predicted octanol–water partition coefficient (Wildman–Crippen LogP) is 4.62. The zero-order chi connectivity index (χ0) is 10.1. The first-order valence-electron chi connectivity index (χ1n) is 5.08. The van der Waals surface area contributed by atoms with Crippen LogP contribution >= 0.6 is 27.5 Å². The van der Waals surface area contributed by atoms with Crippen LogP contribution in [0.25, 0.3) is 0 Å². The normalized spacial score (nSPS) is 20.5. The molecule has 0 aliphatic heterocycles. The molecule has 1 aromatic rings. The van der Waals surface area contributed by atoms with Crippen LogP contribution in [0.5, 0.6) is 0 Å². The van der Waals surface area contributed by atoms with Crippen molar-refractivity contribution in [1.29, 1.82) is 0 Å². The molecule has 2 rings (SSSR count). The third-order valence-corrected chi connectivity index (χ3v) is 3.70. The van der Waals surface area contributed by atoms with E-state index < -0.39 is 0 Å². The van der Waals surface area contributed by atoms with Crippen LogP contribution in [-0.4, -0.2) is 4.83 Å². The molecule has 2 atom stereocenters. The lowest BCUT2D eigenvalue weighted by atomic mass is 9.92. The summed E-state index contributed by atoms with van der Waals surface area (Å²) in [4.78, 5) is 0.552. The van der Waals surface area contributed by atoms with Crippen LogP contribution in [0.1, 0.15) is 31.2 Å². The second-order valence-electron chi connectivity index (χ2n) is 4.09. The smallest absolute Gasteiger partial charge is 0.0406 e. The fourth-order valence-electron chi connectivity index (χ4n) is 2.05. The Morgan fingerprint density at radius 3 is 2.29 bits per heavy atom. The molecule has 1 fully saturated rings. The van der Waals surface area contributed by atoms with Crippen LogP contribution in [0.4, 0.5) is 0 Å². The number of benzene rings is 1. The van der Waals surface area contributed by atoms with E-state index in [2.05, 4.69) is 35.0 Å². The van der Waals surface area contributed by atoms with Crippen LogP contribution in [0.2, 0.25) is 5.02 Å². The molecule has 2 heteroatoms. The lowest BCUT2D eigenvalue weighted by molar-refractivity contribution is 0.605. The molecule has 0 spiro atoms. The van der Waals surface area contributed by atoms with E-state index in [0.29, 0.717) is 10.7 Å². The van der Waals surface area contributed by atoms with Gasteiger partial charge in [0.25, 0.3) is 0 Å². The van der Waals surface area contributed by atoms with Crippen molar-refractivity contribution in [3.8, 4) is 0 Å². The molecule has 0 saturated heterocycles. The van der Waals surface area contributed by atoms with Gasteiger partial charge in [0.05, 0.1) is 0 Å². The first-order chi connectivity index (χ1) is 6.68. The van der Waals surface area contributed by atoms with Gasteiger partial charge in [0.1, 0.15) is 0 Å². The number of alkyl halides is 1. The highest BCUT2D eigenvalue weighted by molar-refractivity contribution is 9.09. The molecule has 1 saturated carbocycles. The summed E-state index contributed by atoms with van der Waals surface area (Å²) in [5.41, 5.74) is 1.42.